The topological polar surface area (TPSA) is 92.3 Å². The van der Waals surface area contributed by atoms with Gasteiger partial charge in [0, 0.05) is 18.7 Å². The Morgan fingerprint density at radius 3 is 2.50 bits per heavy atom. The molecule has 5 rings (SSSR count). The molecule has 1 saturated heterocycles. The number of hydrogen-bond donors (Lipinski definition) is 1. The summed E-state index contributed by atoms with van der Waals surface area (Å²) in [7, 11) is 0. The fraction of sp³-hybridized carbons (Fsp3) is 0.381. The average Bonchev–Trinajstić information content (AvgIpc) is 3.52. The van der Waals surface area contributed by atoms with Crippen molar-refractivity contribution < 1.29 is 14.4 Å². The number of aromatic nitrogens is 2. The highest BCUT2D eigenvalue weighted by Crippen LogP contribution is 2.52. The molecule has 3 amide bonds. The Morgan fingerprint density at radius 1 is 1.10 bits per heavy atom. The second kappa shape index (κ2) is 7.96. The third kappa shape index (κ3) is 3.56. The van der Waals surface area contributed by atoms with E-state index in [1.165, 1.54) is 21.8 Å². The second-order valence-electron chi connectivity index (χ2n) is 7.77. The van der Waals surface area contributed by atoms with E-state index >= 15 is 0 Å². The van der Waals surface area contributed by atoms with E-state index in [0.717, 1.165) is 16.5 Å². The number of nitrogens with zero attached hydrogens (tertiary/aromatic N) is 3. The predicted octanol–water partition coefficient (Wildman–Crippen LogP) is 2.97. The van der Waals surface area contributed by atoms with Gasteiger partial charge in [0.2, 0.25) is 22.9 Å². The van der Waals surface area contributed by atoms with E-state index in [9.17, 15) is 14.4 Å². The Hall–Kier alpha value is -2.52. The van der Waals surface area contributed by atoms with Gasteiger partial charge in [0.25, 0.3) is 0 Å². The highest BCUT2D eigenvalue weighted by Gasteiger charge is 2.59. The molecule has 7 nitrogen and oxygen atoms in total. The van der Waals surface area contributed by atoms with Gasteiger partial charge in [-0.25, -0.2) is 0 Å². The molecular weight excluding hydrogens is 420 g/mol. The summed E-state index contributed by atoms with van der Waals surface area (Å²) in [4.78, 5) is 38.9. The number of imide groups is 1. The number of hydrogen-bond acceptors (Lipinski definition) is 7. The molecule has 2 aromatic rings. The number of benzene rings is 1. The molecule has 0 unspecified atom stereocenters. The van der Waals surface area contributed by atoms with Crippen LogP contribution in [0, 0.1) is 23.7 Å². The lowest BCUT2D eigenvalue weighted by Crippen LogP contribution is -2.35. The molecule has 9 heteroatoms. The van der Waals surface area contributed by atoms with Crippen LogP contribution in [0.25, 0.3) is 0 Å². The summed E-state index contributed by atoms with van der Waals surface area (Å²) in [6.07, 6.45) is 5.10. The average molecular weight is 441 g/mol. The maximum atomic E-state index is 12.7. The minimum absolute atomic E-state index is 0.0613. The monoisotopic (exact) mass is 440 g/mol. The van der Waals surface area contributed by atoms with Gasteiger partial charge in [-0.3, -0.25) is 19.3 Å². The minimum Gasteiger partial charge on any atom is -0.300 e. The summed E-state index contributed by atoms with van der Waals surface area (Å²) in [5.41, 5.74) is 1.19. The van der Waals surface area contributed by atoms with Gasteiger partial charge in [-0.1, -0.05) is 65.6 Å². The summed E-state index contributed by atoms with van der Waals surface area (Å²) in [5.74, 6) is 0.194. The summed E-state index contributed by atoms with van der Waals surface area (Å²) >= 11 is 2.88. The lowest BCUT2D eigenvalue weighted by Gasteiger charge is -2.16. The van der Waals surface area contributed by atoms with Crippen LogP contribution in [0.2, 0.25) is 0 Å². The van der Waals surface area contributed by atoms with E-state index in [1.807, 2.05) is 30.3 Å². The minimum atomic E-state index is -0.274. The van der Waals surface area contributed by atoms with Crippen LogP contribution < -0.4 is 5.32 Å². The highest BCUT2D eigenvalue weighted by atomic mass is 32.2. The number of nitrogens with one attached hydrogen (secondary N) is 1. The number of fused-ring (bicyclic) bond motifs is 5. The molecule has 1 aromatic carbocycles. The molecular formula is C21H20N4O3S2. The summed E-state index contributed by atoms with van der Waals surface area (Å²) < 4.78 is 0.773. The normalized spacial score (nSPS) is 26.5. The van der Waals surface area contributed by atoms with Crippen LogP contribution in [0.4, 0.5) is 5.13 Å². The van der Waals surface area contributed by atoms with Crippen LogP contribution in [0.1, 0.15) is 18.4 Å². The SMILES string of the molecule is O=C(CCN1C(=O)[C@@H]2[C@@H](C1=O)[C@H]1C=C[C@@H]2C1)Nc1nnc(SCc2ccccc2)s1. The number of likely N-dealkylation sites (tertiary alicyclic amines) is 1. The van der Waals surface area contributed by atoms with E-state index in [-0.39, 0.29) is 54.4 Å². The van der Waals surface area contributed by atoms with Crippen molar-refractivity contribution in [3.05, 3.63) is 48.0 Å². The maximum Gasteiger partial charge on any atom is 0.233 e. The molecule has 1 N–H and O–H groups in total. The van der Waals surface area contributed by atoms with Crippen LogP contribution >= 0.6 is 23.1 Å². The van der Waals surface area contributed by atoms with Crippen molar-refractivity contribution in [1.82, 2.24) is 15.1 Å². The standard InChI is InChI=1S/C21H20N4O3S2/c26-15(22-20-23-24-21(30-20)29-11-12-4-2-1-3-5-12)8-9-25-18(27)16-13-6-7-14(10-13)17(16)19(25)28/h1-7,13-14,16-17H,8-11H2,(H,22,23,26)/t13-,14+,16-,17-/m0/s1. The molecule has 0 spiro atoms. The zero-order valence-corrected chi connectivity index (χ0v) is 17.7. The van der Waals surface area contributed by atoms with E-state index in [4.69, 9.17) is 0 Å². The molecule has 2 aliphatic carbocycles. The van der Waals surface area contributed by atoms with Crippen LogP contribution in [-0.2, 0) is 20.1 Å². The van der Waals surface area contributed by atoms with Crippen LogP contribution in [-0.4, -0.2) is 39.4 Å². The van der Waals surface area contributed by atoms with Crippen LogP contribution in [0.3, 0.4) is 0 Å². The van der Waals surface area contributed by atoms with E-state index in [1.54, 1.807) is 11.8 Å². The van der Waals surface area contributed by atoms with Crippen molar-refractivity contribution in [2.75, 3.05) is 11.9 Å². The van der Waals surface area contributed by atoms with Gasteiger partial charge in [0.15, 0.2) is 4.34 Å². The fourth-order valence-electron chi connectivity index (χ4n) is 4.62. The molecule has 1 aromatic heterocycles. The Balaban J connectivity index is 1.12. The summed E-state index contributed by atoms with van der Waals surface area (Å²) in [6.45, 7) is 0.115. The van der Waals surface area contributed by atoms with Crippen molar-refractivity contribution in [3.63, 3.8) is 0 Å². The van der Waals surface area contributed by atoms with Crippen LogP contribution in [0.5, 0.6) is 0 Å². The lowest BCUT2D eigenvalue weighted by molar-refractivity contribution is -0.140. The van der Waals surface area contributed by atoms with Crippen LogP contribution in [0.15, 0.2) is 46.8 Å². The highest BCUT2D eigenvalue weighted by molar-refractivity contribution is 8.00. The van der Waals surface area contributed by atoms with Gasteiger partial charge >= 0.3 is 0 Å². The number of carbonyl (C=O) groups excluding carboxylic acids is 3. The zero-order chi connectivity index (χ0) is 20.7. The number of thioether (sulfide) groups is 1. The van der Waals surface area contributed by atoms with E-state index in [2.05, 4.69) is 27.7 Å². The first-order valence-electron chi connectivity index (χ1n) is 9.94. The molecule has 30 heavy (non-hydrogen) atoms. The second-order valence-corrected chi connectivity index (χ2v) is 9.97. The molecule has 1 saturated carbocycles. The van der Waals surface area contributed by atoms with Gasteiger partial charge in [0.1, 0.15) is 0 Å². The molecule has 154 valence electrons. The first-order chi connectivity index (χ1) is 14.6. The van der Waals surface area contributed by atoms with Crippen molar-refractivity contribution in [3.8, 4) is 0 Å². The third-order valence-electron chi connectivity index (χ3n) is 5.98. The van der Waals surface area contributed by atoms with Gasteiger partial charge in [-0.05, 0) is 23.8 Å². The Morgan fingerprint density at radius 2 is 1.80 bits per heavy atom. The Labute approximate surface area is 181 Å². The van der Waals surface area contributed by atoms with Crippen molar-refractivity contribution in [2.45, 2.75) is 22.9 Å². The van der Waals surface area contributed by atoms with Gasteiger partial charge in [-0.2, -0.15) is 0 Å². The fourth-order valence-corrected chi connectivity index (χ4v) is 6.34. The number of anilines is 1. The number of carbonyl (C=O) groups is 3. The first kappa shape index (κ1) is 19.4. The largest absolute Gasteiger partial charge is 0.300 e. The Kier molecular flexibility index (Phi) is 5.16. The maximum absolute atomic E-state index is 12.7. The van der Waals surface area contributed by atoms with Crippen molar-refractivity contribution >= 4 is 46.0 Å². The van der Waals surface area contributed by atoms with Crippen molar-refractivity contribution in [2.24, 2.45) is 23.7 Å². The molecule has 3 aliphatic rings. The number of rotatable bonds is 7. The lowest BCUT2D eigenvalue weighted by atomic mass is 9.85. The molecule has 2 heterocycles. The zero-order valence-electron chi connectivity index (χ0n) is 16.1. The third-order valence-corrected chi connectivity index (χ3v) is 8.03. The smallest absolute Gasteiger partial charge is 0.233 e. The molecule has 1 aliphatic heterocycles. The van der Waals surface area contributed by atoms with Crippen molar-refractivity contribution in [1.29, 1.82) is 0 Å². The number of allylic oxidation sites excluding steroid dienone is 2. The molecule has 2 fully saturated rings. The predicted molar refractivity (Wildman–Crippen MR) is 114 cm³/mol. The first-order valence-corrected chi connectivity index (χ1v) is 11.7. The van der Waals surface area contributed by atoms with E-state index in [0.29, 0.717) is 5.13 Å². The summed E-state index contributed by atoms with van der Waals surface area (Å²) in [5, 5.41) is 11.3. The number of amides is 3. The molecule has 2 bridgehead atoms. The molecule has 4 atom stereocenters. The van der Waals surface area contributed by atoms with E-state index < -0.39 is 0 Å². The van der Waals surface area contributed by atoms with Gasteiger partial charge in [-0.15, -0.1) is 10.2 Å². The quantitative estimate of drug-likeness (QED) is 0.308. The molecule has 0 radical (unpaired) electrons. The summed E-state index contributed by atoms with van der Waals surface area (Å²) in [6, 6.07) is 10.1. The van der Waals surface area contributed by atoms with Gasteiger partial charge in [0.05, 0.1) is 11.8 Å². The van der Waals surface area contributed by atoms with Gasteiger partial charge < -0.3 is 5.32 Å². The Bertz CT molecular complexity index is 992.